The van der Waals surface area contributed by atoms with Gasteiger partial charge in [-0.05, 0) is 61.4 Å². The van der Waals surface area contributed by atoms with E-state index in [0.717, 1.165) is 25.9 Å². The fourth-order valence-corrected chi connectivity index (χ4v) is 3.72. The summed E-state index contributed by atoms with van der Waals surface area (Å²) >= 11 is 0. The minimum Gasteiger partial charge on any atom is -0.508 e. The first-order valence-corrected chi connectivity index (χ1v) is 8.03. The number of hydrogen-bond acceptors (Lipinski definition) is 2. The lowest BCUT2D eigenvalue weighted by Crippen LogP contribution is -2.50. The van der Waals surface area contributed by atoms with Crippen molar-refractivity contribution >= 4 is 12.4 Å². The van der Waals surface area contributed by atoms with E-state index in [1.54, 1.807) is 0 Å². The average molecular weight is 312 g/mol. The van der Waals surface area contributed by atoms with E-state index in [1.165, 1.54) is 24.0 Å². The van der Waals surface area contributed by atoms with Gasteiger partial charge in [-0.2, -0.15) is 0 Å². The maximum Gasteiger partial charge on any atom is 0.119 e. The maximum atomic E-state index is 10.2. The van der Waals surface area contributed by atoms with E-state index in [1.807, 2.05) is 12.1 Å². The van der Waals surface area contributed by atoms with Gasteiger partial charge in [0.1, 0.15) is 5.75 Å². The second-order valence-electron chi connectivity index (χ2n) is 6.84. The van der Waals surface area contributed by atoms with Gasteiger partial charge in [0.25, 0.3) is 0 Å². The molecular formula is C18H30ClNO. The Morgan fingerprint density at radius 3 is 2.38 bits per heavy atom. The predicted molar refractivity (Wildman–Crippen MR) is 92.5 cm³/mol. The van der Waals surface area contributed by atoms with Crippen molar-refractivity contribution in [3.8, 4) is 5.75 Å². The topological polar surface area (TPSA) is 23.5 Å². The molecule has 21 heavy (non-hydrogen) atoms. The molecule has 2 nitrogen and oxygen atoms in total. The van der Waals surface area contributed by atoms with Crippen molar-refractivity contribution in [3.05, 3.63) is 29.3 Å². The summed E-state index contributed by atoms with van der Waals surface area (Å²) in [6, 6.07) is 6.51. The van der Waals surface area contributed by atoms with E-state index >= 15 is 0 Å². The zero-order chi connectivity index (χ0) is 14.8. The fraction of sp³-hybridized carbons (Fsp3) is 0.667. The molecule has 120 valence electrons. The molecule has 3 heteroatoms. The van der Waals surface area contributed by atoms with Crippen molar-refractivity contribution < 1.29 is 5.11 Å². The van der Waals surface area contributed by atoms with Gasteiger partial charge in [-0.3, -0.25) is 4.90 Å². The summed E-state index contributed by atoms with van der Waals surface area (Å²) in [5.41, 5.74) is 2.78. The number of benzene rings is 1. The molecule has 0 saturated heterocycles. The SMILES string of the molecule is CCCN(CCC)C1Cc2c(O)cccc2CC1(C)C.Cl. The average Bonchev–Trinajstić information content (AvgIpc) is 2.37. The lowest BCUT2D eigenvalue weighted by molar-refractivity contribution is 0.0770. The molecule has 0 heterocycles. The molecule has 1 aliphatic carbocycles. The van der Waals surface area contributed by atoms with E-state index in [-0.39, 0.29) is 17.8 Å². The summed E-state index contributed by atoms with van der Waals surface area (Å²) in [5.74, 6) is 0.482. The third-order valence-electron chi connectivity index (χ3n) is 4.66. The van der Waals surface area contributed by atoms with Crippen LogP contribution in [-0.4, -0.2) is 29.1 Å². The normalized spacial score (nSPS) is 20.0. The van der Waals surface area contributed by atoms with Crippen LogP contribution in [0.25, 0.3) is 0 Å². The summed E-state index contributed by atoms with van der Waals surface area (Å²) in [4.78, 5) is 2.63. The summed E-state index contributed by atoms with van der Waals surface area (Å²) in [5, 5.41) is 10.2. The molecule has 0 fully saturated rings. The molecule has 1 aliphatic rings. The van der Waals surface area contributed by atoms with E-state index in [0.29, 0.717) is 11.8 Å². The number of aromatic hydroxyl groups is 1. The van der Waals surface area contributed by atoms with Gasteiger partial charge in [0, 0.05) is 6.04 Å². The second-order valence-corrected chi connectivity index (χ2v) is 6.84. The molecule has 1 aromatic rings. The number of phenolic OH excluding ortho intramolecular Hbond substituents is 1. The minimum absolute atomic E-state index is 0. The zero-order valence-electron chi connectivity index (χ0n) is 13.9. The van der Waals surface area contributed by atoms with E-state index in [4.69, 9.17) is 0 Å². The Morgan fingerprint density at radius 1 is 1.19 bits per heavy atom. The molecule has 0 spiro atoms. The Kier molecular flexibility index (Phi) is 6.55. The maximum absolute atomic E-state index is 10.2. The second kappa shape index (κ2) is 7.51. The van der Waals surface area contributed by atoms with Crippen LogP contribution in [0, 0.1) is 5.41 Å². The van der Waals surface area contributed by atoms with Crippen LogP contribution in [0.2, 0.25) is 0 Å². The molecule has 0 aliphatic heterocycles. The smallest absolute Gasteiger partial charge is 0.119 e. The van der Waals surface area contributed by atoms with Crippen molar-refractivity contribution in [1.29, 1.82) is 0 Å². The first-order valence-electron chi connectivity index (χ1n) is 8.03. The fourth-order valence-electron chi connectivity index (χ4n) is 3.72. The highest BCUT2D eigenvalue weighted by molar-refractivity contribution is 5.85. The van der Waals surface area contributed by atoms with Gasteiger partial charge < -0.3 is 5.11 Å². The van der Waals surface area contributed by atoms with E-state index in [9.17, 15) is 5.11 Å². The number of halogens is 1. The molecule has 1 aromatic carbocycles. The van der Waals surface area contributed by atoms with Crippen LogP contribution in [0.5, 0.6) is 5.75 Å². The van der Waals surface area contributed by atoms with Gasteiger partial charge in [0.2, 0.25) is 0 Å². The molecule has 0 amide bonds. The zero-order valence-corrected chi connectivity index (χ0v) is 14.7. The Hall–Kier alpha value is -0.730. The summed E-state index contributed by atoms with van der Waals surface area (Å²) < 4.78 is 0. The molecule has 1 N–H and O–H groups in total. The van der Waals surface area contributed by atoms with Gasteiger partial charge in [-0.15, -0.1) is 12.4 Å². The minimum atomic E-state index is 0. The Morgan fingerprint density at radius 2 is 1.81 bits per heavy atom. The molecular weight excluding hydrogens is 282 g/mol. The number of hydrogen-bond donors (Lipinski definition) is 1. The number of phenols is 1. The van der Waals surface area contributed by atoms with Crippen LogP contribution in [0.3, 0.4) is 0 Å². The van der Waals surface area contributed by atoms with Crippen molar-refractivity contribution in [2.75, 3.05) is 13.1 Å². The Bertz CT molecular complexity index is 453. The van der Waals surface area contributed by atoms with Crippen molar-refractivity contribution in [3.63, 3.8) is 0 Å². The lowest BCUT2D eigenvalue weighted by atomic mass is 9.69. The molecule has 1 atom stereocenters. The van der Waals surface area contributed by atoms with Gasteiger partial charge in [0.05, 0.1) is 0 Å². The van der Waals surface area contributed by atoms with Gasteiger partial charge in [-0.1, -0.05) is 39.8 Å². The van der Waals surface area contributed by atoms with Crippen LogP contribution in [-0.2, 0) is 12.8 Å². The first-order chi connectivity index (χ1) is 9.49. The van der Waals surface area contributed by atoms with Gasteiger partial charge >= 0.3 is 0 Å². The highest BCUT2D eigenvalue weighted by atomic mass is 35.5. The number of rotatable bonds is 5. The molecule has 0 saturated carbocycles. The van der Waals surface area contributed by atoms with Crippen LogP contribution in [0.4, 0.5) is 0 Å². The lowest BCUT2D eigenvalue weighted by Gasteiger charge is -2.46. The molecule has 2 rings (SSSR count). The van der Waals surface area contributed by atoms with Crippen molar-refractivity contribution in [1.82, 2.24) is 4.90 Å². The van der Waals surface area contributed by atoms with Gasteiger partial charge in [0.15, 0.2) is 0 Å². The van der Waals surface area contributed by atoms with Crippen LogP contribution >= 0.6 is 12.4 Å². The molecule has 0 radical (unpaired) electrons. The number of nitrogens with zero attached hydrogens (tertiary/aromatic N) is 1. The van der Waals surface area contributed by atoms with Crippen LogP contribution in [0.1, 0.15) is 51.7 Å². The third kappa shape index (κ3) is 3.92. The highest BCUT2D eigenvalue weighted by Crippen LogP contribution is 2.40. The van der Waals surface area contributed by atoms with Crippen molar-refractivity contribution in [2.45, 2.75) is 59.4 Å². The highest BCUT2D eigenvalue weighted by Gasteiger charge is 2.38. The summed E-state index contributed by atoms with van der Waals surface area (Å²) in [6.07, 6.45) is 4.43. The summed E-state index contributed by atoms with van der Waals surface area (Å²) in [7, 11) is 0. The van der Waals surface area contributed by atoms with E-state index in [2.05, 4.69) is 38.7 Å². The number of fused-ring (bicyclic) bond motifs is 1. The standard InChI is InChI=1S/C18H29NO.ClH/c1-5-10-19(11-6-2)17-12-15-14(13-18(17,3)4)8-7-9-16(15)20;/h7-9,17,20H,5-6,10-13H2,1-4H3;1H. The quantitative estimate of drug-likeness (QED) is 0.869. The Labute approximate surface area is 136 Å². The molecule has 0 aromatic heterocycles. The third-order valence-corrected chi connectivity index (χ3v) is 4.66. The first kappa shape index (κ1) is 18.3. The van der Waals surface area contributed by atoms with Crippen LogP contribution in [0.15, 0.2) is 18.2 Å². The molecule has 0 bridgehead atoms. The Balaban J connectivity index is 0.00000220. The van der Waals surface area contributed by atoms with E-state index < -0.39 is 0 Å². The van der Waals surface area contributed by atoms with Crippen molar-refractivity contribution in [2.24, 2.45) is 5.41 Å². The summed E-state index contributed by atoms with van der Waals surface area (Å²) in [6.45, 7) is 11.6. The monoisotopic (exact) mass is 311 g/mol. The largest absolute Gasteiger partial charge is 0.508 e. The van der Waals surface area contributed by atoms with Crippen LogP contribution < -0.4 is 0 Å². The van der Waals surface area contributed by atoms with Gasteiger partial charge in [-0.25, -0.2) is 0 Å². The predicted octanol–water partition coefficient (Wildman–Crippen LogP) is 4.43. The molecule has 1 unspecified atom stereocenters.